The quantitative estimate of drug-likeness (QED) is 0.0952. The molecule has 0 saturated heterocycles. The third kappa shape index (κ3) is 8.25. The molecule has 2 amide bonds. The summed E-state index contributed by atoms with van der Waals surface area (Å²) in [6, 6.07) is 3.25. The van der Waals surface area contributed by atoms with Gasteiger partial charge in [-0.1, -0.05) is 12.2 Å². The molecule has 0 spiro atoms. The number of H-pyrrole nitrogens is 3. The number of nitrogen functional groups attached to an aromatic ring is 1. The molecule has 0 aromatic carbocycles. The fraction of sp³-hybridized carbons (Fsp3) is 0.208. The largest absolute Gasteiger partial charge is 0.370 e. The zero-order chi connectivity index (χ0) is 32.1. The first-order valence-electron chi connectivity index (χ1n) is 12.5. The van der Waals surface area contributed by atoms with Gasteiger partial charge in [0.05, 0.1) is 32.8 Å². The highest BCUT2D eigenvalue weighted by Gasteiger charge is 2.44. The summed E-state index contributed by atoms with van der Waals surface area (Å²) in [6.07, 6.45) is 8.07. The van der Waals surface area contributed by atoms with Gasteiger partial charge in [0.2, 0.25) is 0 Å². The molecule has 0 saturated carbocycles. The Morgan fingerprint density at radius 3 is 2.41 bits per heavy atom. The number of carbonyl (C=O) groups is 2. The predicted octanol–water partition coefficient (Wildman–Crippen LogP) is 1.76. The van der Waals surface area contributed by atoms with E-state index >= 15 is 0 Å². The van der Waals surface area contributed by atoms with E-state index in [1.165, 1.54) is 0 Å². The van der Waals surface area contributed by atoms with Crippen LogP contribution in [0.1, 0.15) is 32.4 Å². The van der Waals surface area contributed by atoms with Gasteiger partial charge in [-0.05, 0) is 72.1 Å². The highest BCUT2D eigenvalue weighted by atomic mass is 79.9. The van der Waals surface area contributed by atoms with Crippen LogP contribution in [0.3, 0.4) is 0 Å². The van der Waals surface area contributed by atoms with Crippen molar-refractivity contribution in [3.63, 3.8) is 0 Å². The summed E-state index contributed by atoms with van der Waals surface area (Å²) in [6.45, 7) is -0.124. The Morgan fingerprint density at radius 2 is 1.77 bits per heavy atom. The number of nitrogens with zero attached hydrogens (tertiary/aromatic N) is 3. The number of nitrogens with two attached hydrogens (primary N) is 2. The third-order valence-corrected chi connectivity index (χ3v) is 8.85. The molecule has 1 atom stereocenters. The summed E-state index contributed by atoms with van der Waals surface area (Å²) >= 11 is 9.89. The number of nitrogens with one attached hydrogen (secondary N) is 6. The van der Waals surface area contributed by atoms with Gasteiger partial charge in [-0.15, -0.1) is 0 Å². The molecule has 0 fully saturated rings. The van der Waals surface area contributed by atoms with Gasteiger partial charge in [-0.2, -0.15) is 8.42 Å². The lowest BCUT2D eigenvalue weighted by Crippen LogP contribution is -2.39. The number of guanidine groups is 1. The van der Waals surface area contributed by atoms with Crippen molar-refractivity contribution in [3.8, 4) is 0 Å². The van der Waals surface area contributed by atoms with Crippen LogP contribution in [0.5, 0.6) is 0 Å². The predicted molar refractivity (Wildman–Crippen MR) is 176 cm³/mol. The van der Waals surface area contributed by atoms with E-state index in [-0.39, 0.29) is 49.2 Å². The summed E-state index contributed by atoms with van der Waals surface area (Å²) in [7, 11) is -4.30. The van der Waals surface area contributed by atoms with Crippen LogP contribution in [0.25, 0.3) is 6.08 Å². The van der Waals surface area contributed by atoms with E-state index in [0.29, 0.717) is 31.9 Å². The summed E-state index contributed by atoms with van der Waals surface area (Å²) in [4.78, 5) is 46.8. The lowest BCUT2D eigenvalue weighted by molar-refractivity contribution is 0.0945. The lowest BCUT2D eigenvalue weighted by Gasteiger charge is -2.22. The number of imidazole rings is 1. The molecule has 3 aromatic heterocycles. The van der Waals surface area contributed by atoms with Crippen LogP contribution in [0.4, 0.5) is 5.95 Å². The maximum atomic E-state index is 12.6. The highest BCUT2D eigenvalue weighted by Crippen LogP contribution is 2.34. The number of anilines is 1. The van der Waals surface area contributed by atoms with Crippen molar-refractivity contribution in [2.75, 3.05) is 31.1 Å². The van der Waals surface area contributed by atoms with Crippen molar-refractivity contribution in [1.82, 2.24) is 35.9 Å². The molecular formula is C24H26Br3N11O5S. The van der Waals surface area contributed by atoms with Crippen molar-refractivity contribution in [3.05, 3.63) is 72.9 Å². The van der Waals surface area contributed by atoms with Crippen molar-refractivity contribution in [2.45, 2.75) is 5.54 Å². The fourth-order valence-electron chi connectivity index (χ4n) is 4.03. The van der Waals surface area contributed by atoms with E-state index in [4.69, 9.17) is 11.5 Å². The molecule has 16 nitrogen and oxygen atoms in total. The van der Waals surface area contributed by atoms with Crippen molar-refractivity contribution >= 4 is 93.5 Å². The van der Waals surface area contributed by atoms with Crippen LogP contribution >= 0.6 is 47.8 Å². The van der Waals surface area contributed by atoms with E-state index in [9.17, 15) is 22.6 Å². The van der Waals surface area contributed by atoms with Crippen molar-refractivity contribution < 1.29 is 22.6 Å². The van der Waals surface area contributed by atoms with Crippen LogP contribution < -0.4 is 27.4 Å². The second-order valence-corrected chi connectivity index (χ2v) is 13.2. The van der Waals surface area contributed by atoms with Crippen LogP contribution in [0.2, 0.25) is 0 Å². The molecule has 0 bridgehead atoms. The van der Waals surface area contributed by atoms with Crippen molar-refractivity contribution in [1.29, 1.82) is 0 Å². The highest BCUT2D eigenvalue weighted by molar-refractivity contribution is 9.13. The molecule has 1 aliphatic rings. The first-order chi connectivity index (χ1) is 20.8. The molecule has 0 aliphatic carbocycles. The van der Waals surface area contributed by atoms with Crippen molar-refractivity contribution in [2.24, 2.45) is 15.7 Å². The maximum Gasteiger partial charge on any atom is 0.268 e. The fourth-order valence-corrected chi connectivity index (χ4v) is 5.35. The van der Waals surface area contributed by atoms with Gasteiger partial charge >= 0.3 is 0 Å². The Labute approximate surface area is 275 Å². The van der Waals surface area contributed by atoms with E-state index in [1.54, 1.807) is 42.6 Å². The molecule has 1 unspecified atom stereocenters. The second kappa shape index (κ2) is 13.9. The van der Waals surface area contributed by atoms with Crippen LogP contribution in [-0.2, 0) is 15.7 Å². The minimum Gasteiger partial charge on any atom is -0.370 e. The zero-order valence-electron chi connectivity index (χ0n) is 22.5. The smallest absolute Gasteiger partial charge is 0.268 e. The molecule has 1 aliphatic heterocycles. The van der Waals surface area contributed by atoms with Gasteiger partial charge in [0.25, 0.3) is 21.9 Å². The lowest BCUT2D eigenvalue weighted by atomic mass is 9.92. The zero-order valence-corrected chi connectivity index (χ0v) is 28.1. The Balaban J connectivity index is 1.61. The SMILES string of the molecule is NC1=NC(/C=C/CNC(=O)c2cc(Br)c(Br)[nH]2)(c2[nH]c(N)nc2/C=C/CNC(=O)c2cc(Br)c[nH]2)C(=NCCS(=O)(=O)O)N1. The number of aromatic nitrogens is 4. The Morgan fingerprint density at radius 1 is 1.07 bits per heavy atom. The molecule has 3 aromatic rings. The van der Waals surface area contributed by atoms with Gasteiger partial charge < -0.3 is 42.4 Å². The van der Waals surface area contributed by atoms with Gasteiger partial charge in [-0.3, -0.25) is 19.1 Å². The first-order valence-corrected chi connectivity index (χ1v) is 16.5. The number of hydrogen-bond donors (Lipinski definition) is 9. The molecule has 0 radical (unpaired) electrons. The van der Waals surface area contributed by atoms with Gasteiger partial charge in [0, 0.05) is 23.8 Å². The summed E-state index contributed by atoms with van der Waals surface area (Å²) in [5.41, 5.74) is 11.9. The van der Waals surface area contributed by atoms with Crippen LogP contribution in [0, 0.1) is 0 Å². The maximum absolute atomic E-state index is 12.6. The first kappa shape index (κ1) is 33.2. The van der Waals surface area contributed by atoms with Crippen LogP contribution in [-0.4, -0.2) is 81.9 Å². The third-order valence-electron chi connectivity index (χ3n) is 5.91. The monoisotopic (exact) mass is 817 g/mol. The second-order valence-electron chi connectivity index (χ2n) is 9.09. The standard InChI is InChI=1S/C24H26Br3N11O5S/c25-12-9-15(33-11-12)19(39)30-5-1-3-14-17(36-22(28)35-14)24(21(37-23(29)38-24)32-7-8-44(41,42)43)4-2-6-31-20(40)16-10-13(26)18(27)34-16/h1-4,9-11,33-34H,5-8H2,(H,30,39)(H,31,40)(H3,28,35,36)(H,41,42,43)(H3,29,32,37,38)/b3-1+,4-2+. The number of rotatable bonds is 12. The Kier molecular flexibility index (Phi) is 10.5. The average molecular weight is 820 g/mol. The minimum atomic E-state index is -4.30. The minimum absolute atomic E-state index is 0.0295. The number of aliphatic imine (C=N–C) groups is 2. The Hall–Kier alpha value is -3.72. The van der Waals surface area contributed by atoms with E-state index in [2.05, 4.69) is 93.7 Å². The number of aromatic amines is 3. The molecular weight excluding hydrogens is 794 g/mol. The molecule has 4 heterocycles. The average Bonchev–Trinajstić information content (AvgIpc) is 3.70. The number of carbonyl (C=O) groups excluding carboxylic acids is 2. The number of hydrogen-bond acceptors (Lipinski definition) is 9. The molecule has 11 N–H and O–H groups in total. The molecule has 44 heavy (non-hydrogen) atoms. The number of amides is 2. The summed E-state index contributed by atoms with van der Waals surface area (Å²) in [5, 5.41) is 8.31. The van der Waals surface area contributed by atoms with Gasteiger partial charge in [0.1, 0.15) is 17.2 Å². The van der Waals surface area contributed by atoms with E-state index in [1.807, 2.05) is 0 Å². The molecule has 234 valence electrons. The molecule has 20 heteroatoms. The summed E-state index contributed by atoms with van der Waals surface area (Å²) in [5.74, 6) is -1.26. The summed E-state index contributed by atoms with van der Waals surface area (Å²) < 4.78 is 33.9. The van der Waals surface area contributed by atoms with Gasteiger partial charge in [-0.25, -0.2) is 9.98 Å². The topological polar surface area (TPSA) is 262 Å². The Bertz CT molecular complexity index is 1770. The van der Waals surface area contributed by atoms with E-state index < -0.39 is 21.4 Å². The number of halogens is 3. The number of amidine groups is 1. The van der Waals surface area contributed by atoms with Gasteiger partial charge in [0.15, 0.2) is 17.4 Å². The normalized spacial score (nSPS) is 17.8. The van der Waals surface area contributed by atoms with E-state index in [0.717, 1.165) is 4.47 Å². The van der Waals surface area contributed by atoms with Crippen LogP contribution in [0.15, 0.2) is 60.1 Å². The molecule has 4 rings (SSSR count).